The highest BCUT2D eigenvalue weighted by atomic mass is 19.1. The zero-order valence-electron chi connectivity index (χ0n) is 22.2. The van der Waals surface area contributed by atoms with Crippen molar-refractivity contribution in [2.75, 3.05) is 19.8 Å². The number of amides is 1. The van der Waals surface area contributed by atoms with Crippen molar-refractivity contribution in [3.05, 3.63) is 63.2 Å². The first-order valence-corrected chi connectivity index (χ1v) is 12.7. The van der Waals surface area contributed by atoms with Gasteiger partial charge in [-0.1, -0.05) is 0 Å². The molecule has 1 saturated heterocycles. The maximum atomic E-state index is 14.6. The van der Waals surface area contributed by atoms with Gasteiger partial charge in [-0.25, -0.2) is 18.7 Å². The highest BCUT2D eigenvalue weighted by Gasteiger charge is 2.50. The average molecular weight is 512 g/mol. The monoisotopic (exact) mass is 511 g/mol. The summed E-state index contributed by atoms with van der Waals surface area (Å²) in [7, 11) is 0. The van der Waals surface area contributed by atoms with Crippen LogP contribution < -0.4 is 5.69 Å². The molecule has 1 fully saturated rings. The second-order valence-electron chi connectivity index (χ2n) is 11.2. The Balaban J connectivity index is 1.79. The Morgan fingerprint density at radius 3 is 2.43 bits per heavy atom. The molecule has 10 heteroatoms. The number of hydrogen-bond donors (Lipinski definition) is 1. The Morgan fingerprint density at radius 1 is 1.22 bits per heavy atom. The quantitative estimate of drug-likeness (QED) is 0.548. The van der Waals surface area contributed by atoms with E-state index in [1.807, 2.05) is 27.7 Å². The molecular weight excluding hydrogens is 477 g/mol. The number of rotatable bonds is 2. The van der Waals surface area contributed by atoms with Crippen LogP contribution in [0.1, 0.15) is 69.0 Å². The second kappa shape index (κ2) is 8.86. The van der Waals surface area contributed by atoms with Crippen LogP contribution >= 0.6 is 0 Å². The third-order valence-electron chi connectivity index (χ3n) is 7.38. The number of benzene rings is 1. The van der Waals surface area contributed by atoms with Crippen LogP contribution in [0.4, 0.5) is 9.18 Å². The van der Waals surface area contributed by atoms with Gasteiger partial charge >= 0.3 is 11.8 Å². The van der Waals surface area contributed by atoms with Gasteiger partial charge in [0.2, 0.25) is 0 Å². The normalized spacial score (nSPS) is 19.2. The summed E-state index contributed by atoms with van der Waals surface area (Å²) in [5.74, 6) is 0.254. The number of carbonyl (C=O) groups excluding carboxylic acids is 1. The van der Waals surface area contributed by atoms with E-state index in [0.717, 1.165) is 11.3 Å². The fraction of sp³-hybridized carbons (Fsp3) is 0.519. The number of nitrogens with one attached hydrogen (secondary N) is 1. The molecule has 37 heavy (non-hydrogen) atoms. The summed E-state index contributed by atoms with van der Waals surface area (Å²) in [4.78, 5) is 30.8. The van der Waals surface area contributed by atoms with Crippen LogP contribution in [-0.2, 0) is 14.9 Å². The highest BCUT2D eigenvalue weighted by Crippen LogP contribution is 2.47. The van der Waals surface area contributed by atoms with E-state index in [1.165, 1.54) is 4.57 Å². The van der Waals surface area contributed by atoms with E-state index >= 15 is 0 Å². The van der Waals surface area contributed by atoms with Crippen molar-refractivity contribution < 1.29 is 18.7 Å². The van der Waals surface area contributed by atoms with Crippen LogP contribution in [0.3, 0.4) is 0 Å². The zero-order chi connectivity index (χ0) is 26.7. The molecule has 5 rings (SSSR count). The lowest BCUT2D eigenvalue weighted by Crippen LogP contribution is -2.53. The first-order valence-electron chi connectivity index (χ1n) is 12.7. The SMILES string of the molecule is Cc1cc(-n2nc3c(c2-n2cc[nH]c2=O)[C@H](C)N(C(=O)OC(C)(C)C)CC32CCOCC2)cc(C)c1F. The van der Waals surface area contributed by atoms with Gasteiger partial charge in [-0.2, -0.15) is 5.10 Å². The summed E-state index contributed by atoms with van der Waals surface area (Å²) < 4.78 is 29.3. The summed E-state index contributed by atoms with van der Waals surface area (Å²) in [5.41, 5.74) is 1.77. The van der Waals surface area contributed by atoms with Crippen molar-refractivity contribution in [2.45, 2.75) is 71.4 Å². The van der Waals surface area contributed by atoms with Crippen molar-refractivity contribution in [3.63, 3.8) is 0 Å². The van der Waals surface area contributed by atoms with E-state index in [1.54, 1.807) is 48.0 Å². The summed E-state index contributed by atoms with van der Waals surface area (Å²) in [6.07, 6.45) is 4.15. The minimum atomic E-state index is -0.659. The lowest BCUT2D eigenvalue weighted by molar-refractivity contribution is -0.0112. The molecule has 0 unspecified atom stereocenters. The Bertz CT molecular complexity index is 1380. The zero-order valence-corrected chi connectivity index (χ0v) is 22.2. The van der Waals surface area contributed by atoms with Crippen LogP contribution in [0, 0.1) is 19.7 Å². The van der Waals surface area contributed by atoms with Crippen molar-refractivity contribution in [3.8, 4) is 11.5 Å². The number of nitrogens with zero attached hydrogens (tertiary/aromatic N) is 4. The molecule has 1 aromatic carbocycles. The van der Waals surface area contributed by atoms with E-state index < -0.39 is 23.2 Å². The van der Waals surface area contributed by atoms with E-state index in [2.05, 4.69) is 4.98 Å². The van der Waals surface area contributed by atoms with Gasteiger partial charge in [0.25, 0.3) is 0 Å². The summed E-state index contributed by atoms with van der Waals surface area (Å²) in [6.45, 7) is 12.4. The molecule has 9 nitrogen and oxygen atoms in total. The van der Waals surface area contributed by atoms with Gasteiger partial charge < -0.3 is 19.4 Å². The smallest absolute Gasteiger partial charge is 0.410 e. The minimum Gasteiger partial charge on any atom is -0.444 e. The second-order valence-corrected chi connectivity index (χ2v) is 11.2. The molecule has 198 valence electrons. The molecule has 0 aliphatic carbocycles. The number of carbonyl (C=O) groups is 1. The van der Waals surface area contributed by atoms with E-state index in [0.29, 0.717) is 55.2 Å². The fourth-order valence-corrected chi connectivity index (χ4v) is 5.54. The first kappa shape index (κ1) is 25.3. The van der Waals surface area contributed by atoms with Crippen LogP contribution in [0.15, 0.2) is 29.3 Å². The molecule has 1 atom stereocenters. The van der Waals surface area contributed by atoms with Gasteiger partial charge in [-0.3, -0.25) is 4.57 Å². The molecule has 0 radical (unpaired) electrons. The molecule has 1 amide bonds. The summed E-state index contributed by atoms with van der Waals surface area (Å²) >= 11 is 0. The number of imidazole rings is 1. The minimum absolute atomic E-state index is 0.272. The van der Waals surface area contributed by atoms with Crippen LogP contribution in [0.25, 0.3) is 11.5 Å². The molecule has 1 N–H and O–H groups in total. The Hall–Kier alpha value is -3.40. The molecule has 2 aromatic heterocycles. The lowest BCUT2D eigenvalue weighted by atomic mass is 9.72. The van der Waals surface area contributed by atoms with E-state index in [4.69, 9.17) is 14.6 Å². The average Bonchev–Trinajstić information content (AvgIpc) is 3.43. The van der Waals surface area contributed by atoms with Gasteiger partial charge in [-0.05, 0) is 77.6 Å². The number of aromatic amines is 1. The molecule has 0 bridgehead atoms. The van der Waals surface area contributed by atoms with Crippen molar-refractivity contribution in [1.29, 1.82) is 0 Å². The number of H-pyrrole nitrogens is 1. The van der Waals surface area contributed by atoms with Crippen molar-refractivity contribution >= 4 is 6.09 Å². The van der Waals surface area contributed by atoms with Gasteiger partial charge in [0.05, 0.1) is 17.4 Å². The molecule has 0 saturated carbocycles. The highest BCUT2D eigenvalue weighted by molar-refractivity contribution is 5.71. The topological polar surface area (TPSA) is 94.4 Å². The van der Waals surface area contributed by atoms with Crippen molar-refractivity contribution in [2.24, 2.45) is 0 Å². The standard InChI is InChI=1S/C27H34FN5O4/c1-16-13-19(14-17(2)21(16)28)33-23(31-10-9-29-24(31)34)20-18(3)32(25(35)37-26(4,5)6)15-27(22(20)30-33)7-11-36-12-8-27/h9-10,13-14,18H,7-8,11-12,15H2,1-6H3,(H,29,34)/t18-/m0/s1. The third-order valence-corrected chi connectivity index (χ3v) is 7.38. The number of ether oxygens (including phenoxy) is 2. The number of hydrogen-bond acceptors (Lipinski definition) is 5. The predicted molar refractivity (Wildman–Crippen MR) is 136 cm³/mol. The number of fused-ring (bicyclic) bond motifs is 2. The number of aryl methyl sites for hydroxylation is 2. The van der Waals surface area contributed by atoms with Gasteiger partial charge in [0, 0.05) is 43.1 Å². The van der Waals surface area contributed by atoms with Gasteiger partial charge in [-0.15, -0.1) is 0 Å². The Morgan fingerprint density at radius 2 is 1.86 bits per heavy atom. The number of halogens is 1. The maximum absolute atomic E-state index is 14.6. The van der Waals surface area contributed by atoms with Crippen LogP contribution in [-0.4, -0.2) is 55.7 Å². The fourth-order valence-electron chi connectivity index (χ4n) is 5.54. The molecular formula is C27H34FN5O4. The lowest BCUT2D eigenvalue weighted by Gasteiger charge is -2.46. The maximum Gasteiger partial charge on any atom is 0.410 e. The van der Waals surface area contributed by atoms with Crippen molar-refractivity contribution in [1.82, 2.24) is 24.2 Å². The van der Waals surface area contributed by atoms with Crippen LogP contribution in [0.5, 0.6) is 0 Å². The van der Waals surface area contributed by atoms with E-state index in [9.17, 15) is 14.0 Å². The molecule has 4 heterocycles. The van der Waals surface area contributed by atoms with Gasteiger partial charge in [0.1, 0.15) is 17.2 Å². The Kier molecular flexibility index (Phi) is 6.05. The molecule has 1 spiro atoms. The molecule has 2 aliphatic rings. The number of aromatic nitrogens is 4. The van der Waals surface area contributed by atoms with E-state index in [-0.39, 0.29) is 11.5 Å². The summed E-state index contributed by atoms with van der Waals surface area (Å²) in [6, 6.07) is 3.04. The first-order chi connectivity index (χ1) is 17.4. The predicted octanol–water partition coefficient (Wildman–Crippen LogP) is 4.47. The third kappa shape index (κ3) is 4.27. The molecule has 2 aliphatic heterocycles. The Labute approximate surface area is 215 Å². The molecule has 3 aromatic rings. The van der Waals surface area contributed by atoms with Gasteiger partial charge in [0.15, 0.2) is 0 Å². The largest absolute Gasteiger partial charge is 0.444 e. The van der Waals surface area contributed by atoms with Crippen LogP contribution in [0.2, 0.25) is 0 Å². The summed E-state index contributed by atoms with van der Waals surface area (Å²) in [5, 5.41) is 5.11.